The minimum Gasteiger partial charge on any atom is -0.478 e. The Bertz CT molecular complexity index is 881. The molecule has 1 unspecified atom stereocenters. The zero-order valence-electron chi connectivity index (χ0n) is 15.6. The van der Waals surface area contributed by atoms with Crippen LogP contribution in [0.1, 0.15) is 35.6 Å². The van der Waals surface area contributed by atoms with Crippen molar-refractivity contribution in [2.45, 2.75) is 18.9 Å². The predicted octanol–water partition coefficient (Wildman–Crippen LogP) is 2.96. The van der Waals surface area contributed by atoms with Crippen LogP contribution in [0.3, 0.4) is 0 Å². The van der Waals surface area contributed by atoms with E-state index in [9.17, 15) is 9.59 Å². The second kappa shape index (κ2) is 10.7. The van der Waals surface area contributed by atoms with E-state index in [1.54, 1.807) is 0 Å². The molecule has 28 heavy (non-hydrogen) atoms. The molecular weight excluding hydrogens is 356 g/mol. The molecule has 0 amide bonds. The maximum atomic E-state index is 9.55. The molecule has 0 bridgehead atoms. The molecule has 1 saturated heterocycles. The number of rotatable bonds is 3. The van der Waals surface area contributed by atoms with Crippen molar-refractivity contribution in [1.29, 1.82) is 0 Å². The highest BCUT2D eigenvalue weighted by atomic mass is 16.4. The van der Waals surface area contributed by atoms with Crippen LogP contribution >= 0.6 is 0 Å². The van der Waals surface area contributed by atoms with Gasteiger partial charge in [0.25, 0.3) is 0 Å². The minimum atomic E-state index is -1.26. The summed E-state index contributed by atoms with van der Waals surface area (Å²) in [5, 5.41) is 15.6. The van der Waals surface area contributed by atoms with Crippen LogP contribution in [0, 0.1) is 11.8 Å². The van der Waals surface area contributed by atoms with Gasteiger partial charge in [0.05, 0.1) is 0 Å². The second-order valence-corrected chi connectivity index (χ2v) is 6.27. The molecule has 3 rings (SSSR count). The van der Waals surface area contributed by atoms with Crippen LogP contribution in [0.15, 0.2) is 60.9 Å². The van der Waals surface area contributed by atoms with Crippen LogP contribution in [-0.4, -0.2) is 45.6 Å². The number of carbonyl (C=O) groups is 2. The van der Waals surface area contributed by atoms with Crippen molar-refractivity contribution in [3.8, 4) is 11.8 Å². The molecule has 0 saturated carbocycles. The average molecular weight is 378 g/mol. The fourth-order valence-electron chi connectivity index (χ4n) is 2.85. The maximum absolute atomic E-state index is 9.55. The van der Waals surface area contributed by atoms with Crippen molar-refractivity contribution in [2.75, 3.05) is 13.6 Å². The van der Waals surface area contributed by atoms with Gasteiger partial charge in [0.2, 0.25) is 0 Å². The Morgan fingerprint density at radius 2 is 1.71 bits per heavy atom. The van der Waals surface area contributed by atoms with Gasteiger partial charge in [0, 0.05) is 41.7 Å². The van der Waals surface area contributed by atoms with Gasteiger partial charge in [0.15, 0.2) is 0 Å². The van der Waals surface area contributed by atoms with E-state index in [-0.39, 0.29) is 0 Å². The number of hydrogen-bond acceptors (Lipinski definition) is 4. The molecule has 2 heterocycles. The fraction of sp³-hybridized carbons (Fsp3) is 0.227. The van der Waals surface area contributed by atoms with Crippen molar-refractivity contribution in [1.82, 2.24) is 9.88 Å². The first-order valence-electron chi connectivity index (χ1n) is 8.82. The van der Waals surface area contributed by atoms with Gasteiger partial charge < -0.3 is 10.2 Å². The number of carboxylic acids is 2. The fourth-order valence-corrected chi connectivity index (χ4v) is 2.85. The molecule has 6 heteroatoms. The zero-order valence-corrected chi connectivity index (χ0v) is 15.6. The summed E-state index contributed by atoms with van der Waals surface area (Å²) in [6.07, 6.45) is 7.41. The number of likely N-dealkylation sites (tertiary alicyclic amines) is 1. The largest absolute Gasteiger partial charge is 0.478 e. The average Bonchev–Trinajstić information content (AvgIpc) is 3.12. The van der Waals surface area contributed by atoms with Gasteiger partial charge in [-0.2, -0.15) is 0 Å². The molecule has 0 spiro atoms. The van der Waals surface area contributed by atoms with Crippen LogP contribution in [-0.2, 0) is 9.59 Å². The summed E-state index contributed by atoms with van der Waals surface area (Å²) in [5.74, 6) is 3.88. The van der Waals surface area contributed by atoms with Gasteiger partial charge in [-0.25, -0.2) is 9.59 Å². The monoisotopic (exact) mass is 378 g/mol. The van der Waals surface area contributed by atoms with Gasteiger partial charge in [0.1, 0.15) is 0 Å². The van der Waals surface area contributed by atoms with Crippen LogP contribution in [0.4, 0.5) is 0 Å². The summed E-state index contributed by atoms with van der Waals surface area (Å²) in [6, 6.07) is 12.7. The van der Waals surface area contributed by atoms with Gasteiger partial charge in [-0.05, 0) is 50.2 Å². The van der Waals surface area contributed by atoms with Crippen LogP contribution in [0.5, 0.6) is 0 Å². The molecule has 1 aliphatic rings. The van der Waals surface area contributed by atoms with Gasteiger partial charge in [-0.1, -0.05) is 30.0 Å². The van der Waals surface area contributed by atoms with E-state index in [1.165, 1.54) is 24.9 Å². The number of pyridine rings is 1. The lowest BCUT2D eigenvalue weighted by Crippen LogP contribution is -2.17. The van der Waals surface area contributed by atoms with Crippen molar-refractivity contribution < 1.29 is 19.8 Å². The summed E-state index contributed by atoms with van der Waals surface area (Å²) in [4.78, 5) is 25.8. The van der Waals surface area contributed by atoms with E-state index in [4.69, 9.17) is 10.2 Å². The molecular formula is C22H22N2O4. The first kappa shape index (κ1) is 20.9. The highest BCUT2D eigenvalue weighted by Gasteiger charge is 2.22. The molecule has 2 N–H and O–H groups in total. The van der Waals surface area contributed by atoms with E-state index in [2.05, 4.69) is 34.8 Å². The third kappa shape index (κ3) is 7.06. The minimum absolute atomic E-state index is 0.501. The molecule has 0 radical (unpaired) electrons. The first-order chi connectivity index (χ1) is 13.5. The molecule has 2 aromatic rings. The standard InChI is InChI=1S/C18H18N2.C4H4O4/c1-20-11-5-8-18(20)17-12-16(13-19-14-17)10-9-15-6-3-2-4-7-15;5-3(6)1-2-4(7)8/h2-4,6-7,12-14,18H,5,8,11H2,1H3;1-2H,(H,5,6)(H,7,8)/b;2-1+. The Morgan fingerprint density at radius 1 is 1.07 bits per heavy atom. The maximum Gasteiger partial charge on any atom is 0.328 e. The molecule has 1 fully saturated rings. The zero-order chi connectivity index (χ0) is 20.4. The Kier molecular flexibility index (Phi) is 7.94. The van der Waals surface area contributed by atoms with Crippen molar-refractivity contribution in [2.24, 2.45) is 0 Å². The van der Waals surface area contributed by atoms with E-state index in [1.807, 2.05) is 42.7 Å². The SMILES string of the molecule is CN1CCCC1c1cncc(C#Cc2ccccc2)c1.O=C(O)/C=C/C(=O)O. The Morgan fingerprint density at radius 3 is 2.29 bits per heavy atom. The van der Waals surface area contributed by atoms with Crippen LogP contribution in [0.2, 0.25) is 0 Å². The number of hydrogen-bond donors (Lipinski definition) is 2. The third-order valence-corrected chi connectivity index (χ3v) is 4.16. The van der Waals surface area contributed by atoms with Crippen molar-refractivity contribution >= 4 is 11.9 Å². The number of aliphatic carboxylic acids is 2. The van der Waals surface area contributed by atoms with Crippen LogP contribution in [0.25, 0.3) is 0 Å². The third-order valence-electron chi connectivity index (χ3n) is 4.16. The topological polar surface area (TPSA) is 90.7 Å². The summed E-state index contributed by atoms with van der Waals surface area (Å²) < 4.78 is 0. The van der Waals surface area contributed by atoms with Crippen LogP contribution < -0.4 is 0 Å². The molecule has 144 valence electrons. The van der Waals surface area contributed by atoms with Gasteiger partial charge in [-0.3, -0.25) is 9.88 Å². The lowest BCUT2D eigenvalue weighted by molar-refractivity contribution is -0.134. The summed E-state index contributed by atoms with van der Waals surface area (Å²) >= 11 is 0. The molecule has 0 aliphatic carbocycles. The number of aromatic nitrogens is 1. The lowest BCUT2D eigenvalue weighted by atomic mass is 10.1. The number of benzene rings is 1. The highest BCUT2D eigenvalue weighted by molar-refractivity contribution is 5.89. The molecule has 1 atom stereocenters. The second-order valence-electron chi connectivity index (χ2n) is 6.27. The van der Waals surface area contributed by atoms with Gasteiger partial charge in [-0.15, -0.1) is 0 Å². The molecule has 6 nitrogen and oxygen atoms in total. The Hall–Kier alpha value is -3.43. The summed E-state index contributed by atoms with van der Waals surface area (Å²) in [6.45, 7) is 1.17. The van der Waals surface area contributed by atoms with E-state index in [0.717, 1.165) is 11.1 Å². The number of carboxylic acid groups (broad SMARTS) is 2. The summed E-state index contributed by atoms with van der Waals surface area (Å²) in [7, 11) is 2.18. The smallest absolute Gasteiger partial charge is 0.328 e. The summed E-state index contributed by atoms with van der Waals surface area (Å²) in [5.41, 5.74) is 3.31. The lowest BCUT2D eigenvalue weighted by Gasteiger charge is -2.19. The molecule has 1 aromatic heterocycles. The Labute approximate surface area is 164 Å². The molecule has 1 aliphatic heterocycles. The van der Waals surface area contributed by atoms with E-state index < -0.39 is 11.9 Å². The van der Waals surface area contributed by atoms with Crippen molar-refractivity contribution in [3.05, 3.63) is 77.6 Å². The predicted molar refractivity (Wildman–Crippen MR) is 106 cm³/mol. The highest BCUT2D eigenvalue weighted by Crippen LogP contribution is 2.29. The van der Waals surface area contributed by atoms with Crippen molar-refractivity contribution in [3.63, 3.8) is 0 Å². The van der Waals surface area contributed by atoms with Gasteiger partial charge >= 0.3 is 11.9 Å². The van der Waals surface area contributed by atoms with E-state index in [0.29, 0.717) is 18.2 Å². The normalized spacial score (nSPS) is 16.0. The van der Waals surface area contributed by atoms with E-state index >= 15 is 0 Å². The Balaban J connectivity index is 0.000000300. The quantitative estimate of drug-likeness (QED) is 0.630. The first-order valence-corrected chi connectivity index (χ1v) is 8.82. The molecule has 1 aromatic carbocycles. The number of nitrogens with zero attached hydrogens (tertiary/aromatic N) is 2.